The quantitative estimate of drug-likeness (QED) is 0.418. The van der Waals surface area contributed by atoms with E-state index in [-0.39, 0.29) is 0 Å². The number of hydrogen-bond acceptors (Lipinski definition) is 1. The molecule has 0 aromatic rings. The maximum atomic E-state index is 4.14. The van der Waals surface area contributed by atoms with Crippen molar-refractivity contribution in [2.45, 2.75) is 26.3 Å². The molecule has 1 aliphatic rings. The lowest BCUT2D eigenvalue weighted by Crippen LogP contribution is -2.16. The Hall–Kier alpha value is -0.330. The van der Waals surface area contributed by atoms with Gasteiger partial charge in [0.05, 0.1) is 6.04 Å². The molecule has 0 fully saturated rings. The largest absolute Gasteiger partial charge is 0.291 e. The molecule has 1 unspecified atom stereocenters. The third kappa shape index (κ3) is 0.445. The van der Waals surface area contributed by atoms with E-state index in [2.05, 4.69) is 18.8 Å². The van der Waals surface area contributed by atoms with Crippen molar-refractivity contribution in [3.05, 3.63) is 0 Å². The summed E-state index contributed by atoms with van der Waals surface area (Å²) in [7, 11) is 0. The molecule has 0 spiro atoms. The first-order valence-electron chi connectivity index (χ1n) is 2.32. The molecule has 0 aliphatic carbocycles. The van der Waals surface area contributed by atoms with Crippen LogP contribution in [0.1, 0.15) is 20.3 Å². The first-order chi connectivity index (χ1) is 2.79. The van der Waals surface area contributed by atoms with Gasteiger partial charge in [-0.25, -0.2) is 0 Å². The van der Waals surface area contributed by atoms with Gasteiger partial charge >= 0.3 is 0 Å². The van der Waals surface area contributed by atoms with Crippen LogP contribution in [0.25, 0.3) is 0 Å². The minimum absolute atomic E-state index is 0.630. The number of hydrogen-bond donors (Lipinski definition) is 0. The smallest absolute Gasteiger partial charge is 0.0522 e. The molecule has 1 atom stereocenters. The molecule has 0 saturated heterocycles. The van der Waals surface area contributed by atoms with E-state index in [1.807, 2.05) is 0 Å². The summed E-state index contributed by atoms with van der Waals surface area (Å²) in [6.07, 6.45) is 1.22. The molecule has 1 nitrogen and oxygen atoms in total. The van der Waals surface area contributed by atoms with Crippen LogP contribution in [0.15, 0.2) is 4.99 Å². The second-order valence-electron chi connectivity index (χ2n) is 1.92. The molecular weight excluding hydrogens is 74.1 g/mol. The molecule has 1 aliphatic heterocycles. The number of rotatable bonds is 0. The summed E-state index contributed by atoms with van der Waals surface area (Å²) in [6, 6.07) is 0.630. The fraction of sp³-hybridized carbons (Fsp3) is 0.800. The van der Waals surface area contributed by atoms with Gasteiger partial charge in [-0.1, -0.05) is 0 Å². The zero-order valence-corrected chi connectivity index (χ0v) is 4.23. The second-order valence-corrected chi connectivity index (χ2v) is 1.92. The van der Waals surface area contributed by atoms with E-state index in [0.717, 1.165) is 0 Å². The van der Waals surface area contributed by atoms with Crippen LogP contribution in [0, 0.1) is 0 Å². The average Bonchev–Trinajstić information content (AvgIpc) is 1.33. The lowest BCUT2D eigenvalue weighted by molar-refractivity contribution is 0.711. The summed E-state index contributed by atoms with van der Waals surface area (Å²) in [4.78, 5) is 4.14. The van der Waals surface area contributed by atoms with E-state index in [0.29, 0.717) is 6.04 Å². The van der Waals surface area contributed by atoms with Crippen molar-refractivity contribution in [1.29, 1.82) is 0 Å². The highest BCUT2D eigenvalue weighted by Crippen LogP contribution is 2.09. The SMILES string of the molecule is CC1=NC(C)C1. The van der Waals surface area contributed by atoms with Gasteiger partial charge in [-0.3, -0.25) is 4.99 Å². The molecule has 1 rings (SSSR count). The highest BCUT2D eigenvalue weighted by Gasteiger charge is 2.09. The Bertz CT molecular complexity index is 83.9. The molecule has 0 amide bonds. The van der Waals surface area contributed by atoms with E-state index in [4.69, 9.17) is 0 Å². The standard InChI is InChI=1S/C5H9N/c1-4-3-5(2)6-4/h4H,3H2,1-2H3. The Morgan fingerprint density at radius 1 is 1.83 bits per heavy atom. The minimum atomic E-state index is 0.630. The zero-order chi connectivity index (χ0) is 4.57. The molecule has 0 radical (unpaired) electrons. The highest BCUT2D eigenvalue weighted by atomic mass is 14.8. The molecule has 6 heavy (non-hydrogen) atoms. The van der Waals surface area contributed by atoms with E-state index in [1.54, 1.807) is 0 Å². The Kier molecular flexibility index (Phi) is 0.685. The molecular formula is C5H9N. The van der Waals surface area contributed by atoms with Gasteiger partial charge in [-0.05, 0) is 13.8 Å². The Morgan fingerprint density at radius 3 is 2.33 bits per heavy atom. The van der Waals surface area contributed by atoms with Crippen LogP contribution in [-0.2, 0) is 0 Å². The minimum Gasteiger partial charge on any atom is -0.291 e. The van der Waals surface area contributed by atoms with Crippen molar-refractivity contribution >= 4 is 5.71 Å². The van der Waals surface area contributed by atoms with E-state index < -0.39 is 0 Å². The summed E-state index contributed by atoms with van der Waals surface area (Å²) in [6.45, 7) is 4.20. The third-order valence-corrected chi connectivity index (χ3v) is 1.03. The first-order valence-corrected chi connectivity index (χ1v) is 2.32. The Labute approximate surface area is 38.1 Å². The normalized spacial score (nSPS) is 31.7. The second kappa shape index (κ2) is 1.07. The van der Waals surface area contributed by atoms with Crippen molar-refractivity contribution in [3.63, 3.8) is 0 Å². The van der Waals surface area contributed by atoms with Crippen LogP contribution >= 0.6 is 0 Å². The van der Waals surface area contributed by atoms with Crippen molar-refractivity contribution in [1.82, 2.24) is 0 Å². The van der Waals surface area contributed by atoms with Crippen molar-refractivity contribution in [2.24, 2.45) is 4.99 Å². The highest BCUT2D eigenvalue weighted by molar-refractivity contribution is 5.86. The first kappa shape index (κ1) is 3.85. The summed E-state index contributed by atoms with van der Waals surface area (Å²) in [5.74, 6) is 0. The van der Waals surface area contributed by atoms with Gasteiger partial charge in [0.15, 0.2) is 0 Å². The van der Waals surface area contributed by atoms with Crippen molar-refractivity contribution < 1.29 is 0 Å². The molecule has 34 valence electrons. The lowest BCUT2D eigenvalue weighted by atomic mass is 10.1. The van der Waals surface area contributed by atoms with E-state index >= 15 is 0 Å². The van der Waals surface area contributed by atoms with Gasteiger partial charge in [0.2, 0.25) is 0 Å². The maximum Gasteiger partial charge on any atom is 0.0522 e. The summed E-state index contributed by atoms with van der Waals surface area (Å²) < 4.78 is 0. The van der Waals surface area contributed by atoms with Crippen LogP contribution in [0.2, 0.25) is 0 Å². The molecule has 1 heteroatoms. The summed E-state index contributed by atoms with van der Waals surface area (Å²) >= 11 is 0. The van der Waals surface area contributed by atoms with Crippen LogP contribution in [0.4, 0.5) is 0 Å². The summed E-state index contributed by atoms with van der Waals surface area (Å²) in [5, 5.41) is 0. The monoisotopic (exact) mass is 83.1 g/mol. The fourth-order valence-corrected chi connectivity index (χ4v) is 0.790. The predicted molar refractivity (Wildman–Crippen MR) is 27.2 cm³/mol. The van der Waals surface area contributed by atoms with Gasteiger partial charge in [-0.2, -0.15) is 0 Å². The fourth-order valence-electron chi connectivity index (χ4n) is 0.790. The Morgan fingerprint density at radius 2 is 2.33 bits per heavy atom. The van der Waals surface area contributed by atoms with Crippen LogP contribution in [0.5, 0.6) is 0 Å². The molecule has 0 aromatic heterocycles. The maximum absolute atomic E-state index is 4.14. The number of aliphatic imine (C=N–C) groups is 1. The molecule has 0 saturated carbocycles. The average molecular weight is 83.1 g/mol. The van der Waals surface area contributed by atoms with Gasteiger partial charge in [0.1, 0.15) is 0 Å². The molecule has 0 aromatic carbocycles. The zero-order valence-electron chi connectivity index (χ0n) is 4.23. The van der Waals surface area contributed by atoms with Crippen LogP contribution in [0.3, 0.4) is 0 Å². The van der Waals surface area contributed by atoms with Crippen molar-refractivity contribution in [2.75, 3.05) is 0 Å². The lowest BCUT2D eigenvalue weighted by Gasteiger charge is -2.15. The number of nitrogens with zero attached hydrogens (tertiary/aromatic N) is 1. The van der Waals surface area contributed by atoms with Crippen LogP contribution in [-0.4, -0.2) is 11.8 Å². The molecule has 0 N–H and O–H groups in total. The topological polar surface area (TPSA) is 12.4 Å². The van der Waals surface area contributed by atoms with Gasteiger partial charge in [0, 0.05) is 12.1 Å². The summed E-state index contributed by atoms with van der Waals surface area (Å²) in [5.41, 5.74) is 1.31. The predicted octanol–water partition coefficient (Wildman–Crippen LogP) is 1.24. The molecule has 0 bridgehead atoms. The van der Waals surface area contributed by atoms with E-state index in [1.165, 1.54) is 12.1 Å². The van der Waals surface area contributed by atoms with E-state index in [9.17, 15) is 0 Å². The van der Waals surface area contributed by atoms with Gasteiger partial charge in [0.25, 0.3) is 0 Å². The van der Waals surface area contributed by atoms with Crippen molar-refractivity contribution in [3.8, 4) is 0 Å². The van der Waals surface area contributed by atoms with Gasteiger partial charge in [-0.15, -0.1) is 0 Å². The Balaban J connectivity index is 2.46. The molecule has 1 heterocycles. The van der Waals surface area contributed by atoms with Crippen LogP contribution < -0.4 is 0 Å². The third-order valence-electron chi connectivity index (χ3n) is 1.03. The van der Waals surface area contributed by atoms with Gasteiger partial charge < -0.3 is 0 Å².